The smallest absolute Gasteiger partial charge is 0.280 e. The molecule has 0 N–H and O–H groups in total. The van der Waals surface area contributed by atoms with Gasteiger partial charge < -0.3 is 4.57 Å². The Bertz CT molecular complexity index is 778. The van der Waals surface area contributed by atoms with Crippen LogP contribution in [0.3, 0.4) is 0 Å². The molecule has 0 unspecified atom stereocenters. The average molecular weight is 271 g/mol. The summed E-state index contributed by atoms with van der Waals surface area (Å²) in [6.07, 6.45) is 1.58. The predicted molar refractivity (Wildman–Crippen MR) is 76.6 cm³/mol. The third-order valence-electron chi connectivity index (χ3n) is 3.02. The molecule has 0 fully saturated rings. The van der Waals surface area contributed by atoms with E-state index in [2.05, 4.69) is 4.98 Å². The Morgan fingerprint density at radius 1 is 1.05 bits per heavy atom. The maximum Gasteiger partial charge on any atom is 0.280 e. The maximum absolute atomic E-state index is 11.7. The van der Waals surface area contributed by atoms with Crippen LogP contribution in [0.15, 0.2) is 59.7 Å². The van der Waals surface area contributed by atoms with Gasteiger partial charge in [-0.25, -0.2) is 0 Å². The van der Waals surface area contributed by atoms with Gasteiger partial charge in [0.25, 0.3) is 5.56 Å². The van der Waals surface area contributed by atoms with E-state index < -0.39 is 0 Å². The Morgan fingerprint density at radius 3 is 2.58 bits per heavy atom. The fourth-order valence-electron chi connectivity index (χ4n) is 2.07. The van der Waals surface area contributed by atoms with E-state index in [0.717, 1.165) is 11.1 Å². The molecule has 2 aromatic carbocycles. The molecule has 0 atom stereocenters. The minimum absolute atomic E-state index is 0.192. The van der Waals surface area contributed by atoms with Crippen LogP contribution in [0.4, 0.5) is 0 Å². The molecule has 1 aromatic heterocycles. The molecule has 4 heteroatoms. The second-order valence-corrected chi connectivity index (χ2v) is 4.76. The fourth-order valence-corrected chi connectivity index (χ4v) is 2.20. The molecule has 0 saturated carbocycles. The lowest BCUT2D eigenvalue weighted by molar-refractivity contribution is 0.798. The predicted octanol–water partition coefficient (Wildman–Crippen LogP) is 3.10. The van der Waals surface area contributed by atoms with Gasteiger partial charge in [0.15, 0.2) is 0 Å². The summed E-state index contributed by atoms with van der Waals surface area (Å²) < 4.78 is 1.96. The maximum atomic E-state index is 11.7. The molecule has 3 rings (SSSR count). The number of hydrogen-bond acceptors (Lipinski definition) is 2. The van der Waals surface area contributed by atoms with Crippen LogP contribution in [-0.4, -0.2) is 9.55 Å². The lowest BCUT2D eigenvalue weighted by Gasteiger charge is -2.09. The van der Waals surface area contributed by atoms with Crippen LogP contribution in [0, 0.1) is 0 Å². The van der Waals surface area contributed by atoms with Gasteiger partial charge >= 0.3 is 0 Å². The molecule has 0 amide bonds. The summed E-state index contributed by atoms with van der Waals surface area (Å²) in [5, 5.41) is 1.35. The number of hydrogen-bond donors (Lipinski definition) is 0. The first kappa shape index (κ1) is 11.9. The zero-order valence-corrected chi connectivity index (χ0v) is 10.8. The number of para-hydroxylation sites is 1. The molecule has 0 bridgehead atoms. The van der Waals surface area contributed by atoms with E-state index >= 15 is 0 Å². The van der Waals surface area contributed by atoms with Crippen molar-refractivity contribution in [2.75, 3.05) is 0 Å². The number of rotatable bonds is 2. The lowest BCUT2D eigenvalue weighted by Crippen LogP contribution is -2.12. The van der Waals surface area contributed by atoms with Gasteiger partial charge in [-0.3, -0.25) is 4.79 Å². The average Bonchev–Trinajstić information content (AvgIpc) is 2.45. The van der Waals surface area contributed by atoms with E-state index in [1.165, 1.54) is 0 Å². The van der Waals surface area contributed by atoms with Crippen molar-refractivity contribution in [2.45, 2.75) is 6.54 Å². The van der Waals surface area contributed by atoms with Crippen LogP contribution in [0.2, 0.25) is 5.02 Å². The SMILES string of the molecule is O=c1ncn(Cc2ccc(Cl)cc2)c2ccccc12. The Morgan fingerprint density at radius 2 is 1.79 bits per heavy atom. The molecule has 0 radical (unpaired) electrons. The monoisotopic (exact) mass is 270 g/mol. The van der Waals surface area contributed by atoms with E-state index in [0.29, 0.717) is 17.0 Å². The second-order valence-electron chi connectivity index (χ2n) is 4.32. The first-order valence-corrected chi connectivity index (χ1v) is 6.30. The van der Waals surface area contributed by atoms with Crippen molar-refractivity contribution in [1.29, 1.82) is 0 Å². The van der Waals surface area contributed by atoms with Gasteiger partial charge in [0.2, 0.25) is 0 Å². The molecular weight excluding hydrogens is 260 g/mol. The second kappa shape index (κ2) is 4.86. The third-order valence-corrected chi connectivity index (χ3v) is 3.28. The largest absolute Gasteiger partial charge is 0.327 e. The molecular formula is C15H11ClN2O. The molecule has 0 spiro atoms. The van der Waals surface area contributed by atoms with Crippen molar-refractivity contribution in [3.63, 3.8) is 0 Å². The van der Waals surface area contributed by atoms with Gasteiger partial charge in [-0.05, 0) is 29.8 Å². The molecule has 94 valence electrons. The van der Waals surface area contributed by atoms with Gasteiger partial charge in [-0.1, -0.05) is 35.9 Å². The number of benzene rings is 2. The van der Waals surface area contributed by atoms with Crippen LogP contribution < -0.4 is 5.56 Å². The molecule has 1 heterocycles. The van der Waals surface area contributed by atoms with Gasteiger partial charge in [0, 0.05) is 11.6 Å². The summed E-state index contributed by atoms with van der Waals surface area (Å²) in [5.74, 6) is 0. The first-order chi connectivity index (χ1) is 9.24. The van der Waals surface area contributed by atoms with Crippen LogP contribution in [0.5, 0.6) is 0 Å². The topological polar surface area (TPSA) is 34.9 Å². The van der Waals surface area contributed by atoms with Crippen LogP contribution >= 0.6 is 11.6 Å². The van der Waals surface area contributed by atoms with E-state index in [-0.39, 0.29) is 5.56 Å². The molecule has 3 nitrogen and oxygen atoms in total. The van der Waals surface area contributed by atoms with Crippen molar-refractivity contribution in [3.05, 3.63) is 75.8 Å². The molecule has 3 aromatic rings. The minimum atomic E-state index is -0.192. The highest BCUT2D eigenvalue weighted by Gasteiger charge is 2.03. The summed E-state index contributed by atoms with van der Waals surface area (Å²) in [5.41, 5.74) is 1.81. The molecule has 0 aliphatic rings. The van der Waals surface area contributed by atoms with Crippen molar-refractivity contribution >= 4 is 22.5 Å². The zero-order valence-electron chi connectivity index (χ0n) is 10.1. The Kier molecular flexibility index (Phi) is 3.05. The molecule has 0 aliphatic carbocycles. The molecule has 0 aliphatic heterocycles. The van der Waals surface area contributed by atoms with Crippen LogP contribution in [-0.2, 0) is 6.54 Å². The van der Waals surface area contributed by atoms with E-state index in [4.69, 9.17) is 11.6 Å². The highest BCUT2D eigenvalue weighted by atomic mass is 35.5. The summed E-state index contributed by atoms with van der Waals surface area (Å²) >= 11 is 5.87. The van der Waals surface area contributed by atoms with Crippen LogP contribution in [0.1, 0.15) is 5.56 Å². The number of fused-ring (bicyclic) bond motifs is 1. The van der Waals surface area contributed by atoms with Gasteiger partial charge in [-0.15, -0.1) is 0 Å². The summed E-state index contributed by atoms with van der Waals surface area (Å²) in [6, 6.07) is 15.1. The zero-order chi connectivity index (χ0) is 13.2. The quantitative estimate of drug-likeness (QED) is 0.717. The van der Waals surface area contributed by atoms with Gasteiger partial charge in [0.1, 0.15) is 0 Å². The number of halogens is 1. The fraction of sp³-hybridized carbons (Fsp3) is 0.0667. The Hall–Kier alpha value is -2.13. The number of aromatic nitrogens is 2. The van der Waals surface area contributed by atoms with Gasteiger partial charge in [-0.2, -0.15) is 4.98 Å². The molecule has 0 saturated heterocycles. The van der Waals surface area contributed by atoms with E-state index in [1.54, 1.807) is 12.4 Å². The standard InChI is InChI=1S/C15H11ClN2O/c16-12-7-5-11(6-8-12)9-18-10-17-15(19)13-3-1-2-4-14(13)18/h1-8,10H,9H2. The molecule has 19 heavy (non-hydrogen) atoms. The van der Waals surface area contributed by atoms with Crippen molar-refractivity contribution < 1.29 is 0 Å². The Balaban J connectivity index is 2.08. The summed E-state index contributed by atoms with van der Waals surface area (Å²) in [4.78, 5) is 15.6. The number of nitrogens with zero attached hydrogens (tertiary/aromatic N) is 2. The third kappa shape index (κ3) is 2.37. The highest BCUT2D eigenvalue weighted by molar-refractivity contribution is 6.30. The highest BCUT2D eigenvalue weighted by Crippen LogP contribution is 2.13. The lowest BCUT2D eigenvalue weighted by atomic mass is 10.2. The van der Waals surface area contributed by atoms with Gasteiger partial charge in [0.05, 0.1) is 17.2 Å². The minimum Gasteiger partial charge on any atom is -0.327 e. The van der Waals surface area contributed by atoms with E-state index in [9.17, 15) is 4.79 Å². The normalized spacial score (nSPS) is 10.8. The van der Waals surface area contributed by atoms with Crippen molar-refractivity contribution in [1.82, 2.24) is 9.55 Å². The van der Waals surface area contributed by atoms with Crippen LogP contribution in [0.25, 0.3) is 10.9 Å². The van der Waals surface area contributed by atoms with Crippen molar-refractivity contribution in [2.24, 2.45) is 0 Å². The van der Waals surface area contributed by atoms with E-state index in [1.807, 2.05) is 47.0 Å². The first-order valence-electron chi connectivity index (χ1n) is 5.93. The summed E-state index contributed by atoms with van der Waals surface area (Å²) in [7, 11) is 0. The Labute approximate surface area is 115 Å². The van der Waals surface area contributed by atoms with Crippen molar-refractivity contribution in [3.8, 4) is 0 Å². The summed E-state index contributed by atoms with van der Waals surface area (Å²) in [6.45, 7) is 0.658.